The van der Waals surface area contributed by atoms with Crippen molar-refractivity contribution in [2.45, 2.75) is 51.9 Å². The molecule has 5 heteroatoms. The molecule has 1 atom stereocenters. The van der Waals surface area contributed by atoms with Gasteiger partial charge in [0, 0.05) is 23.6 Å². The molecule has 1 fully saturated rings. The first-order chi connectivity index (χ1) is 9.40. The number of esters is 2. The quantitative estimate of drug-likeness (QED) is 0.459. The fourth-order valence-corrected chi connectivity index (χ4v) is 1.92. The Labute approximate surface area is 120 Å². The second-order valence-corrected chi connectivity index (χ2v) is 5.18. The van der Waals surface area contributed by atoms with Crippen LogP contribution in [-0.4, -0.2) is 30.8 Å². The Bertz CT molecular complexity index is 369. The monoisotopic (exact) mass is 281 g/mol. The minimum atomic E-state index is -0.904. The molecule has 1 heterocycles. The van der Waals surface area contributed by atoms with E-state index in [2.05, 4.69) is 18.5 Å². The number of piperidine rings is 1. The van der Waals surface area contributed by atoms with E-state index >= 15 is 0 Å². The molecule has 0 amide bonds. The first-order valence-corrected chi connectivity index (χ1v) is 6.86. The van der Waals surface area contributed by atoms with Crippen LogP contribution in [0.25, 0.3) is 0 Å². The standard InChI is InChI=1S/C15H23NO4/c1-10(2)14(17)19-13(20-15(18)11(3)4)9-12-7-5-6-8-16-12/h12-13,16H,1,3,5-9H2,2,4H3. The first kappa shape index (κ1) is 16.4. The van der Waals surface area contributed by atoms with Crippen molar-refractivity contribution in [2.24, 2.45) is 0 Å². The number of hydrogen-bond donors (Lipinski definition) is 1. The van der Waals surface area contributed by atoms with E-state index in [1.54, 1.807) is 13.8 Å². The first-order valence-electron chi connectivity index (χ1n) is 6.86. The predicted molar refractivity (Wildman–Crippen MR) is 75.9 cm³/mol. The number of carbonyl (C=O) groups excluding carboxylic acids is 2. The summed E-state index contributed by atoms with van der Waals surface area (Å²) >= 11 is 0. The molecule has 5 nitrogen and oxygen atoms in total. The van der Waals surface area contributed by atoms with E-state index in [-0.39, 0.29) is 17.2 Å². The Morgan fingerprint density at radius 3 is 2.10 bits per heavy atom. The van der Waals surface area contributed by atoms with Gasteiger partial charge in [0.05, 0.1) is 0 Å². The molecule has 1 aliphatic heterocycles. The Hall–Kier alpha value is -1.62. The Morgan fingerprint density at radius 1 is 1.15 bits per heavy atom. The van der Waals surface area contributed by atoms with E-state index in [0.717, 1.165) is 25.8 Å². The Balaban J connectivity index is 2.61. The van der Waals surface area contributed by atoms with Gasteiger partial charge in [-0.25, -0.2) is 9.59 Å². The molecule has 20 heavy (non-hydrogen) atoms. The maximum atomic E-state index is 11.6. The molecule has 0 aromatic rings. The van der Waals surface area contributed by atoms with Crippen molar-refractivity contribution in [3.63, 3.8) is 0 Å². The molecule has 1 unspecified atom stereocenters. The average molecular weight is 281 g/mol. The predicted octanol–water partition coefficient (Wildman–Crippen LogP) is 2.08. The number of rotatable bonds is 6. The summed E-state index contributed by atoms with van der Waals surface area (Å²) < 4.78 is 10.3. The van der Waals surface area contributed by atoms with Crippen molar-refractivity contribution in [3.05, 3.63) is 24.3 Å². The molecule has 0 spiro atoms. The molecule has 1 aliphatic rings. The van der Waals surface area contributed by atoms with Crippen LogP contribution in [0.3, 0.4) is 0 Å². The van der Waals surface area contributed by atoms with Gasteiger partial charge in [-0.1, -0.05) is 19.6 Å². The molecule has 1 N–H and O–H groups in total. The van der Waals surface area contributed by atoms with Crippen molar-refractivity contribution < 1.29 is 19.1 Å². The second-order valence-electron chi connectivity index (χ2n) is 5.18. The minimum Gasteiger partial charge on any atom is -0.422 e. The Kier molecular flexibility index (Phi) is 6.45. The molecule has 0 saturated carbocycles. The van der Waals surface area contributed by atoms with Gasteiger partial charge in [0.2, 0.25) is 6.29 Å². The fraction of sp³-hybridized carbons (Fsp3) is 0.600. The summed E-state index contributed by atoms with van der Waals surface area (Å²) in [5, 5.41) is 3.33. The van der Waals surface area contributed by atoms with Crippen LogP contribution in [0.15, 0.2) is 24.3 Å². The highest BCUT2D eigenvalue weighted by molar-refractivity contribution is 5.88. The molecule has 0 bridgehead atoms. The molecular weight excluding hydrogens is 258 g/mol. The van der Waals surface area contributed by atoms with Crippen molar-refractivity contribution in [3.8, 4) is 0 Å². The molecule has 0 aromatic heterocycles. The van der Waals surface area contributed by atoms with Gasteiger partial charge < -0.3 is 14.8 Å². The zero-order valence-corrected chi connectivity index (χ0v) is 12.2. The van der Waals surface area contributed by atoms with E-state index in [1.807, 2.05) is 0 Å². The van der Waals surface area contributed by atoms with Gasteiger partial charge in [0.15, 0.2) is 0 Å². The van der Waals surface area contributed by atoms with Crippen LogP contribution in [0.2, 0.25) is 0 Å². The van der Waals surface area contributed by atoms with Gasteiger partial charge in [0.25, 0.3) is 0 Å². The molecular formula is C15H23NO4. The smallest absolute Gasteiger partial charge is 0.336 e. The summed E-state index contributed by atoms with van der Waals surface area (Å²) in [6, 6.07) is 0.185. The average Bonchev–Trinajstić information content (AvgIpc) is 2.39. The van der Waals surface area contributed by atoms with Gasteiger partial charge in [-0.05, 0) is 33.2 Å². The summed E-state index contributed by atoms with van der Waals surface area (Å²) in [5.41, 5.74) is 0.552. The van der Waals surface area contributed by atoms with E-state index in [9.17, 15) is 9.59 Å². The fourth-order valence-electron chi connectivity index (χ4n) is 1.92. The van der Waals surface area contributed by atoms with Crippen LogP contribution in [0.1, 0.15) is 39.5 Å². The van der Waals surface area contributed by atoms with Crippen LogP contribution in [-0.2, 0) is 19.1 Å². The van der Waals surface area contributed by atoms with Gasteiger partial charge in [-0.15, -0.1) is 0 Å². The lowest BCUT2D eigenvalue weighted by atomic mass is 10.0. The lowest BCUT2D eigenvalue weighted by Crippen LogP contribution is -2.39. The SMILES string of the molecule is C=C(C)C(=O)OC(CC1CCCCN1)OC(=O)C(=C)C. The van der Waals surface area contributed by atoms with Crippen molar-refractivity contribution in [1.82, 2.24) is 5.32 Å². The van der Waals surface area contributed by atoms with Crippen LogP contribution in [0.5, 0.6) is 0 Å². The van der Waals surface area contributed by atoms with Gasteiger partial charge in [-0.3, -0.25) is 0 Å². The summed E-state index contributed by atoms with van der Waals surface area (Å²) in [6.45, 7) is 11.1. The summed E-state index contributed by atoms with van der Waals surface area (Å²) in [7, 11) is 0. The number of ether oxygens (including phenoxy) is 2. The van der Waals surface area contributed by atoms with Gasteiger partial charge in [-0.2, -0.15) is 0 Å². The van der Waals surface area contributed by atoms with Crippen LogP contribution >= 0.6 is 0 Å². The lowest BCUT2D eigenvalue weighted by molar-refractivity contribution is -0.184. The third-order valence-corrected chi connectivity index (χ3v) is 3.06. The maximum absolute atomic E-state index is 11.6. The molecule has 1 saturated heterocycles. The van der Waals surface area contributed by atoms with E-state index in [1.165, 1.54) is 0 Å². The molecule has 112 valence electrons. The highest BCUT2D eigenvalue weighted by atomic mass is 16.7. The highest BCUT2D eigenvalue weighted by Crippen LogP contribution is 2.16. The molecule has 1 rings (SSSR count). The van der Waals surface area contributed by atoms with E-state index in [4.69, 9.17) is 9.47 Å². The third-order valence-electron chi connectivity index (χ3n) is 3.06. The van der Waals surface area contributed by atoms with Crippen molar-refractivity contribution >= 4 is 11.9 Å². The summed E-state index contributed by atoms with van der Waals surface area (Å²) in [4.78, 5) is 23.2. The normalized spacial score (nSPS) is 18.4. The lowest BCUT2D eigenvalue weighted by Gasteiger charge is -2.27. The van der Waals surface area contributed by atoms with Crippen LogP contribution in [0.4, 0.5) is 0 Å². The molecule has 0 aliphatic carbocycles. The van der Waals surface area contributed by atoms with E-state index in [0.29, 0.717) is 6.42 Å². The maximum Gasteiger partial charge on any atom is 0.336 e. The third kappa shape index (κ3) is 5.57. The summed E-state index contributed by atoms with van der Waals surface area (Å²) in [5.74, 6) is -1.11. The van der Waals surface area contributed by atoms with Crippen molar-refractivity contribution in [1.29, 1.82) is 0 Å². The zero-order valence-electron chi connectivity index (χ0n) is 12.2. The number of nitrogens with one attached hydrogen (secondary N) is 1. The number of hydrogen-bond acceptors (Lipinski definition) is 5. The zero-order chi connectivity index (χ0) is 15.1. The minimum absolute atomic E-state index is 0.185. The molecule has 0 radical (unpaired) electrons. The summed E-state index contributed by atoms with van der Waals surface area (Å²) in [6.07, 6.45) is 2.77. The van der Waals surface area contributed by atoms with Crippen LogP contribution < -0.4 is 5.32 Å². The van der Waals surface area contributed by atoms with Gasteiger partial charge in [0.1, 0.15) is 0 Å². The second kappa shape index (κ2) is 7.85. The largest absolute Gasteiger partial charge is 0.422 e. The van der Waals surface area contributed by atoms with Crippen LogP contribution in [0, 0.1) is 0 Å². The van der Waals surface area contributed by atoms with E-state index < -0.39 is 18.2 Å². The molecule has 0 aromatic carbocycles. The van der Waals surface area contributed by atoms with Gasteiger partial charge >= 0.3 is 11.9 Å². The number of carbonyl (C=O) groups is 2. The Morgan fingerprint density at radius 2 is 1.70 bits per heavy atom. The topological polar surface area (TPSA) is 64.6 Å². The van der Waals surface area contributed by atoms with Crippen molar-refractivity contribution in [2.75, 3.05) is 6.54 Å². The highest BCUT2D eigenvalue weighted by Gasteiger charge is 2.25.